The molecule has 1 amide bonds. The largest absolute Gasteiger partial charge is 0.480 e. The van der Waals surface area contributed by atoms with Crippen LogP contribution in [0.25, 0.3) is 0 Å². The van der Waals surface area contributed by atoms with Crippen LogP contribution in [-0.2, 0) is 9.53 Å². The van der Waals surface area contributed by atoms with Gasteiger partial charge in [-0.3, -0.25) is 0 Å². The molecule has 146 valence electrons. The Morgan fingerprint density at radius 1 is 1.36 bits per heavy atom. The number of aliphatic carboxylic acids is 1. The zero-order chi connectivity index (χ0) is 19.2. The maximum absolute atomic E-state index is 12.8. The van der Waals surface area contributed by atoms with Gasteiger partial charge in [-0.05, 0) is 43.4 Å². The average Bonchev–Trinajstić information content (AvgIpc) is 2.50. The van der Waals surface area contributed by atoms with Crippen molar-refractivity contribution in [3.05, 3.63) is 0 Å². The minimum absolute atomic E-state index is 0.0247. The van der Waals surface area contributed by atoms with Gasteiger partial charge in [0.05, 0.1) is 0 Å². The van der Waals surface area contributed by atoms with Gasteiger partial charge in [-0.15, -0.1) is 0 Å². The molecule has 6 nitrogen and oxygen atoms in total. The summed E-state index contributed by atoms with van der Waals surface area (Å²) in [5.74, 6) is -0.539. The molecule has 0 bridgehead atoms. The summed E-state index contributed by atoms with van der Waals surface area (Å²) in [6, 6.07) is 0. The first-order chi connectivity index (χ1) is 11.6. The molecule has 0 saturated heterocycles. The number of carbonyl (C=O) groups excluding carboxylic acids is 1. The number of alkyl carbamates (subject to hydrolysis) is 1. The summed E-state index contributed by atoms with van der Waals surface area (Å²) in [6.07, 6.45) is -1.39. The average molecular weight is 364 g/mol. The molecule has 4 unspecified atom stereocenters. The molecule has 1 saturated carbocycles. The lowest BCUT2D eigenvalue weighted by atomic mass is 9.75. The number of hydrogen-bond donors (Lipinski definition) is 3. The van der Waals surface area contributed by atoms with Gasteiger partial charge in [0.25, 0.3) is 6.43 Å². The summed E-state index contributed by atoms with van der Waals surface area (Å²) in [5.41, 5.74) is 2.63. The molecule has 1 aliphatic carbocycles. The lowest BCUT2D eigenvalue weighted by Crippen LogP contribution is -2.54. The zero-order valence-corrected chi connectivity index (χ0v) is 15.1. The van der Waals surface area contributed by atoms with Crippen LogP contribution in [0.5, 0.6) is 0 Å². The summed E-state index contributed by atoms with van der Waals surface area (Å²) in [7, 11) is 0. The molecule has 0 aromatic carbocycles. The fourth-order valence-electron chi connectivity index (χ4n) is 3.31. The first-order valence-corrected chi connectivity index (χ1v) is 8.82. The zero-order valence-electron chi connectivity index (χ0n) is 15.1. The van der Waals surface area contributed by atoms with Crippen molar-refractivity contribution >= 4 is 12.1 Å². The summed E-state index contributed by atoms with van der Waals surface area (Å²) in [4.78, 5) is 22.8. The molecule has 8 heteroatoms. The number of hydrogen-bond acceptors (Lipinski definition) is 4. The first kappa shape index (κ1) is 21.6. The third-order valence-corrected chi connectivity index (χ3v) is 5.04. The molecule has 1 rings (SSSR count). The summed E-state index contributed by atoms with van der Waals surface area (Å²) in [6.45, 7) is 6.37. The monoisotopic (exact) mass is 364 g/mol. The van der Waals surface area contributed by atoms with Gasteiger partial charge in [-0.2, -0.15) is 0 Å². The summed E-state index contributed by atoms with van der Waals surface area (Å²) >= 11 is 0. The molecular formula is C17H30F2N2O4. The summed E-state index contributed by atoms with van der Waals surface area (Å²) in [5, 5.41) is 11.3. The van der Waals surface area contributed by atoms with Crippen molar-refractivity contribution in [2.45, 2.75) is 70.9 Å². The van der Waals surface area contributed by atoms with Gasteiger partial charge in [-0.1, -0.05) is 27.2 Å². The lowest BCUT2D eigenvalue weighted by Gasteiger charge is -2.36. The molecule has 1 fully saturated rings. The minimum atomic E-state index is -3.17. The minimum Gasteiger partial charge on any atom is -0.480 e. The van der Waals surface area contributed by atoms with Crippen molar-refractivity contribution < 1.29 is 28.2 Å². The van der Waals surface area contributed by atoms with Crippen molar-refractivity contribution in [3.8, 4) is 0 Å². The van der Waals surface area contributed by atoms with Gasteiger partial charge in [0, 0.05) is 6.54 Å². The van der Waals surface area contributed by atoms with E-state index in [1.807, 2.05) is 0 Å². The Labute approximate surface area is 147 Å². The van der Waals surface area contributed by atoms with E-state index in [2.05, 4.69) is 26.1 Å². The van der Waals surface area contributed by atoms with Crippen LogP contribution in [0.3, 0.4) is 0 Å². The smallest absolute Gasteiger partial charge is 0.407 e. The number of nitrogens with one attached hydrogen (secondary N) is 1. The number of carboxylic acids is 1. The van der Waals surface area contributed by atoms with Gasteiger partial charge >= 0.3 is 12.1 Å². The van der Waals surface area contributed by atoms with E-state index in [0.717, 1.165) is 19.3 Å². The number of ether oxygens (including phenoxy) is 1. The maximum atomic E-state index is 12.8. The molecule has 0 spiro atoms. The van der Waals surface area contributed by atoms with Gasteiger partial charge in [0.2, 0.25) is 0 Å². The number of nitrogens with two attached hydrogens (primary N) is 1. The Morgan fingerprint density at radius 2 is 2.00 bits per heavy atom. The van der Waals surface area contributed by atoms with Crippen LogP contribution in [-0.4, -0.2) is 41.8 Å². The van der Waals surface area contributed by atoms with E-state index >= 15 is 0 Å². The maximum Gasteiger partial charge on any atom is 0.407 e. The Kier molecular flexibility index (Phi) is 8.05. The van der Waals surface area contributed by atoms with Crippen LogP contribution in [0.1, 0.15) is 52.9 Å². The SMILES string of the molecule is CC1CCC(C(C)C)C(OC(=O)NCCCC(N)(C(=O)O)C(F)F)C1. The van der Waals surface area contributed by atoms with E-state index in [4.69, 9.17) is 15.6 Å². The Bertz CT molecular complexity index is 462. The highest BCUT2D eigenvalue weighted by Gasteiger charge is 2.43. The first-order valence-electron chi connectivity index (χ1n) is 8.82. The van der Waals surface area contributed by atoms with Crippen molar-refractivity contribution in [3.63, 3.8) is 0 Å². The van der Waals surface area contributed by atoms with Crippen LogP contribution in [0.4, 0.5) is 13.6 Å². The molecular weight excluding hydrogens is 334 g/mol. The van der Waals surface area contributed by atoms with Crippen molar-refractivity contribution in [1.29, 1.82) is 0 Å². The van der Waals surface area contributed by atoms with E-state index in [0.29, 0.717) is 17.8 Å². The Morgan fingerprint density at radius 3 is 2.52 bits per heavy atom. The molecule has 4 N–H and O–H groups in total. The number of carbonyl (C=O) groups is 2. The number of rotatable bonds is 8. The quantitative estimate of drug-likeness (QED) is 0.575. The Balaban J connectivity index is 2.42. The van der Waals surface area contributed by atoms with E-state index in [1.165, 1.54) is 0 Å². The molecule has 0 radical (unpaired) electrons. The predicted octanol–water partition coefficient (Wildman–Crippen LogP) is 3.00. The second kappa shape index (κ2) is 9.31. The second-order valence-electron chi connectivity index (χ2n) is 7.45. The third-order valence-electron chi connectivity index (χ3n) is 5.04. The lowest BCUT2D eigenvalue weighted by molar-refractivity contribution is -0.150. The van der Waals surface area contributed by atoms with E-state index in [1.54, 1.807) is 0 Å². The molecule has 25 heavy (non-hydrogen) atoms. The molecule has 4 atom stereocenters. The number of alkyl halides is 2. The highest BCUT2D eigenvalue weighted by atomic mass is 19.3. The molecule has 0 aromatic rings. The number of amides is 1. The fourth-order valence-corrected chi connectivity index (χ4v) is 3.31. The van der Waals surface area contributed by atoms with Gasteiger partial charge < -0.3 is 20.9 Å². The topological polar surface area (TPSA) is 102 Å². The van der Waals surface area contributed by atoms with Crippen LogP contribution in [0.2, 0.25) is 0 Å². The second-order valence-corrected chi connectivity index (χ2v) is 7.45. The highest BCUT2D eigenvalue weighted by molar-refractivity contribution is 5.79. The van der Waals surface area contributed by atoms with Gasteiger partial charge in [0.1, 0.15) is 6.10 Å². The van der Waals surface area contributed by atoms with Crippen LogP contribution in [0, 0.1) is 17.8 Å². The highest BCUT2D eigenvalue weighted by Crippen LogP contribution is 2.35. The van der Waals surface area contributed by atoms with Crippen molar-refractivity contribution in [1.82, 2.24) is 5.32 Å². The van der Waals surface area contributed by atoms with E-state index < -0.39 is 30.4 Å². The number of halogens is 2. The Hall–Kier alpha value is -1.44. The number of carboxylic acid groups (broad SMARTS) is 1. The normalized spacial score (nSPS) is 26.3. The van der Waals surface area contributed by atoms with Crippen LogP contribution in [0.15, 0.2) is 0 Å². The van der Waals surface area contributed by atoms with Crippen LogP contribution < -0.4 is 11.1 Å². The van der Waals surface area contributed by atoms with E-state index in [-0.39, 0.29) is 19.1 Å². The standard InChI is InChI=1S/C17H30F2N2O4/c1-10(2)12-6-5-11(3)9-13(12)25-16(24)21-8-4-7-17(20,14(18)19)15(22)23/h10-14H,4-9,20H2,1-3H3,(H,21,24)(H,22,23). The van der Waals surface area contributed by atoms with Crippen molar-refractivity contribution in [2.75, 3.05) is 6.54 Å². The van der Waals surface area contributed by atoms with Crippen molar-refractivity contribution in [2.24, 2.45) is 23.5 Å². The molecule has 0 aromatic heterocycles. The van der Waals surface area contributed by atoms with Gasteiger partial charge in [0.15, 0.2) is 5.54 Å². The fraction of sp³-hybridized carbons (Fsp3) is 0.882. The van der Waals surface area contributed by atoms with Crippen LogP contribution >= 0.6 is 0 Å². The molecule has 0 heterocycles. The molecule has 1 aliphatic rings. The van der Waals surface area contributed by atoms with Gasteiger partial charge in [-0.25, -0.2) is 18.4 Å². The summed E-state index contributed by atoms with van der Waals surface area (Å²) < 4.78 is 31.1. The molecule has 0 aliphatic heterocycles. The van der Waals surface area contributed by atoms with E-state index in [9.17, 15) is 18.4 Å². The third kappa shape index (κ3) is 6.09. The predicted molar refractivity (Wildman–Crippen MR) is 89.4 cm³/mol.